The van der Waals surface area contributed by atoms with Gasteiger partial charge in [0.25, 0.3) is 0 Å². The monoisotopic (exact) mass is 404 g/mol. The molecule has 29 heavy (non-hydrogen) atoms. The summed E-state index contributed by atoms with van der Waals surface area (Å²) in [5.41, 5.74) is 6.91. The quantitative estimate of drug-likeness (QED) is 0.504. The molecule has 1 saturated heterocycles. The summed E-state index contributed by atoms with van der Waals surface area (Å²) in [5, 5.41) is 5.69. The van der Waals surface area contributed by atoms with Gasteiger partial charge in [0.05, 0.1) is 13.2 Å². The molecule has 2 aromatic carbocycles. The number of hydrogen-bond acceptors (Lipinski definition) is 5. The van der Waals surface area contributed by atoms with E-state index in [1.807, 2.05) is 0 Å². The molecule has 4 aromatic rings. The molecule has 5 rings (SSSR count). The number of aromatic nitrogens is 2. The third-order valence-electron chi connectivity index (χ3n) is 5.26. The summed E-state index contributed by atoms with van der Waals surface area (Å²) in [4.78, 5) is 8.27. The second-order valence-corrected chi connectivity index (χ2v) is 8.39. The number of ether oxygens (including phenoxy) is 1. The fraction of sp³-hybridized carbons (Fsp3) is 0.261. The van der Waals surface area contributed by atoms with E-state index in [2.05, 4.69) is 82.5 Å². The normalized spacial score (nSPS) is 14.5. The van der Waals surface area contributed by atoms with Crippen molar-refractivity contribution in [3.8, 4) is 11.3 Å². The van der Waals surface area contributed by atoms with Gasteiger partial charge in [0.15, 0.2) is 4.96 Å². The maximum absolute atomic E-state index is 5.47. The van der Waals surface area contributed by atoms with Gasteiger partial charge in [-0.2, -0.15) is 0 Å². The van der Waals surface area contributed by atoms with Gasteiger partial charge < -0.3 is 15.0 Å². The summed E-state index contributed by atoms with van der Waals surface area (Å²) < 4.78 is 7.60. The van der Waals surface area contributed by atoms with Gasteiger partial charge in [-0.1, -0.05) is 18.2 Å². The molecule has 5 nitrogen and oxygen atoms in total. The third kappa shape index (κ3) is 3.61. The molecule has 0 radical (unpaired) electrons. The zero-order chi connectivity index (χ0) is 19.8. The van der Waals surface area contributed by atoms with Crippen LogP contribution in [0.3, 0.4) is 0 Å². The Hall–Kier alpha value is -2.83. The molecule has 1 N–H and O–H groups in total. The standard InChI is InChI=1S/C23H24N4OS/c1-16-13-17(2)15-19(14-16)24-22-21(25-23-27(22)9-12-29-23)18-3-5-20(6-4-18)26-7-10-28-11-8-26/h3-6,9,12-15,24H,7-8,10-11H2,1-2H3. The zero-order valence-electron chi connectivity index (χ0n) is 16.7. The van der Waals surface area contributed by atoms with Crippen LogP contribution in [0.2, 0.25) is 0 Å². The van der Waals surface area contributed by atoms with E-state index in [9.17, 15) is 0 Å². The van der Waals surface area contributed by atoms with Gasteiger partial charge >= 0.3 is 0 Å². The first-order chi connectivity index (χ1) is 14.2. The van der Waals surface area contributed by atoms with Crippen LogP contribution in [-0.2, 0) is 4.74 Å². The molecule has 0 aliphatic carbocycles. The number of benzene rings is 2. The molecule has 0 amide bonds. The summed E-state index contributed by atoms with van der Waals surface area (Å²) >= 11 is 1.65. The molecule has 0 saturated carbocycles. The minimum atomic E-state index is 0.795. The van der Waals surface area contributed by atoms with Crippen LogP contribution in [0.5, 0.6) is 0 Å². The average Bonchev–Trinajstić information content (AvgIpc) is 3.31. The molecular formula is C23H24N4OS. The van der Waals surface area contributed by atoms with E-state index in [0.717, 1.165) is 54.0 Å². The highest BCUT2D eigenvalue weighted by atomic mass is 32.1. The summed E-state index contributed by atoms with van der Waals surface area (Å²) in [6, 6.07) is 15.2. The molecule has 0 unspecified atom stereocenters. The Morgan fingerprint density at radius 2 is 1.72 bits per heavy atom. The van der Waals surface area contributed by atoms with Crippen molar-refractivity contribution in [2.45, 2.75) is 13.8 Å². The van der Waals surface area contributed by atoms with E-state index >= 15 is 0 Å². The topological polar surface area (TPSA) is 41.8 Å². The van der Waals surface area contributed by atoms with E-state index in [1.54, 1.807) is 11.3 Å². The van der Waals surface area contributed by atoms with Crippen molar-refractivity contribution >= 4 is 33.5 Å². The second-order valence-electron chi connectivity index (χ2n) is 7.51. The maximum Gasteiger partial charge on any atom is 0.195 e. The number of fused-ring (bicyclic) bond motifs is 1. The number of aryl methyl sites for hydroxylation is 2. The van der Waals surface area contributed by atoms with E-state index in [-0.39, 0.29) is 0 Å². The van der Waals surface area contributed by atoms with Crippen LogP contribution < -0.4 is 10.2 Å². The molecule has 0 bridgehead atoms. The molecule has 0 atom stereocenters. The van der Waals surface area contributed by atoms with Crippen molar-refractivity contribution in [3.05, 3.63) is 65.2 Å². The number of imidazole rings is 1. The minimum absolute atomic E-state index is 0.795. The lowest BCUT2D eigenvalue weighted by Gasteiger charge is -2.28. The highest BCUT2D eigenvalue weighted by Crippen LogP contribution is 2.34. The Kier molecular flexibility index (Phi) is 4.73. The van der Waals surface area contributed by atoms with Crippen LogP contribution in [0.25, 0.3) is 16.2 Å². The number of thiazole rings is 1. The van der Waals surface area contributed by atoms with Crippen molar-refractivity contribution in [1.82, 2.24) is 9.38 Å². The van der Waals surface area contributed by atoms with Crippen LogP contribution in [0.15, 0.2) is 54.0 Å². The zero-order valence-corrected chi connectivity index (χ0v) is 17.5. The predicted octanol–water partition coefficient (Wildman–Crippen LogP) is 5.26. The van der Waals surface area contributed by atoms with Crippen molar-refractivity contribution in [2.75, 3.05) is 36.5 Å². The van der Waals surface area contributed by atoms with Crippen molar-refractivity contribution in [1.29, 1.82) is 0 Å². The largest absolute Gasteiger partial charge is 0.378 e. The molecular weight excluding hydrogens is 380 g/mol. The maximum atomic E-state index is 5.47. The Morgan fingerprint density at radius 3 is 2.45 bits per heavy atom. The number of anilines is 3. The minimum Gasteiger partial charge on any atom is -0.378 e. The van der Waals surface area contributed by atoms with Gasteiger partial charge in [-0.05, 0) is 49.2 Å². The Labute approximate surface area is 174 Å². The second kappa shape index (κ2) is 7.54. The predicted molar refractivity (Wildman–Crippen MR) is 121 cm³/mol. The number of nitrogens with one attached hydrogen (secondary N) is 1. The van der Waals surface area contributed by atoms with E-state index in [0.29, 0.717) is 0 Å². The van der Waals surface area contributed by atoms with Gasteiger partial charge in [-0.15, -0.1) is 11.3 Å². The number of nitrogens with zero attached hydrogens (tertiary/aromatic N) is 3. The highest BCUT2D eigenvalue weighted by molar-refractivity contribution is 7.15. The molecule has 2 aromatic heterocycles. The smallest absolute Gasteiger partial charge is 0.195 e. The Balaban J connectivity index is 1.51. The van der Waals surface area contributed by atoms with Crippen molar-refractivity contribution in [3.63, 3.8) is 0 Å². The van der Waals surface area contributed by atoms with Gasteiger partial charge in [-0.3, -0.25) is 4.40 Å². The molecule has 1 aliphatic rings. The van der Waals surface area contributed by atoms with E-state index in [1.165, 1.54) is 16.8 Å². The molecule has 148 valence electrons. The van der Waals surface area contributed by atoms with E-state index < -0.39 is 0 Å². The number of rotatable bonds is 4. The van der Waals surface area contributed by atoms with E-state index in [4.69, 9.17) is 9.72 Å². The molecule has 0 spiro atoms. The molecule has 6 heteroatoms. The van der Waals surface area contributed by atoms with Crippen LogP contribution in [0.1, 0.15) is 11.1 Å². The molecule has 1 fully saturated rings. The van der Waals surface area contributed by atoms with Gasteiger partial charge in [0.1, 0.15) is 11.5 Å². The Bertz CT molecular complexity index is 1120. The van der Waals surface area contributed by atoms with Crippen LogP contribution >= 0.6 is 11.3 Å². The molecule has 1 aliphatic heterocycles. The van der Waals surface area contributed by atoms with Crippen molar-refractivity contribution < 1.29 is 4.74 Å². The lowest BCUT2D eigenvalue weighted by atomic mass is 10.1. The summed E-state index contributed by atoms with van der Waals surface area (Å²) in [5.74, 6) is 1.00. The van der Waals surface area contributed by atoms with Crippen LogP contribution in [0, 0.1) is 13.8 Å². The third-order valence-corrected chi connectivity index (χ3v) is 6.02. The summed E-state index contributed by atoms with van der Waals surface area (Å²) in [7, 11) is 0. The lowest BCUT2D eigenvalue weighted by Crippen LogP contribution is -2.36. The SMILES string of the molecule is Cc1cc(C)cc(Nc2c(-c3ccc(N4CCOCC4)cc3)nc3sccn23)c1. The highest BCUT2D eigenvalue weighted by Gasteiger charge is 2.17. The van der Waals surface area contributed by atoms with Gasteiger partial charge in [-0.25, -0.2) is 4.98 Å². The summed E-state index contributed by atoms with van der Waals surface area (Å²) in [6.07, 6.45) is 2.07. The van der Waals surface area contributed by atoms with Crippen LogP contribution in [-0.4, -0.2) is 35.7 Å². The summed E-state index contributed by atoms with van der Waals surface area (Å²) in [6.45, 7) is 7.73. The first-order valence-electron chi connectivity index (χ1n) is 9.91. The number of hydrogen-bond donors (Lipinski definition) is 1. The van der Waals surface area contributed by atoms with Gasteiger partial charge in [0.2, 0.25) is 0 Å². The lowest BCUT2D eigenvalue weighted by molar-refractivity contribution is 0.122. The fourth-order valence-corrected chi connectivity index (χ4v) is 4.66. The molecule has 3 heterocycles. The number of morpholine rings is 1. The average molecular weight is 405 g/mol. The fourth-order valence-electron chi connectivity index (χ4n) is 3.94. The van der Waals surface area contributed by atoms with Crippen molar-refractivity contribution in [2.24, 2.45) is 0 Å². The van der Waals surface area contributed by atoms with Gasteiger partial charge in [0, 0.05) is 41.6 Å². The van der Waals surface area contributed by atoms with Crippen LogP contribution in [0.4, 0.5) is 17.2 Å². The first-order valence-corrected chi connectivity index (χ1v) is 10.8. The Morgan fingerprint density at radius 1 is 1.00 bits per heavy atom. The first kappa shape index (κ1) is 18.2.